The first-order valence-corrected chi connectivity index (χ1v) is 6.87. The maximum Gasteiger partial charge on any atom is 0.280 e. The van der Waals surface area contributed by atoms with E-state index in [4.69, 9.17) is 9.47 Å². The van der Waals surface area contributed by atoms with E-state index >= 15 is 0 Å². The molecule has 3 rings (SSSR count). The van der Waals surface area contributed by atoms with Crippen molar-refractivity contribution in [1.29, 1.82) is 0 Å². The minimum Gasteiger partial charge on any atom is -0.454 e. The van der Waals surface area contributed by atoms with E-state index in [0.29, 0.717) is 21.9 Å². The van der Waals surface area contributed by atoms with Crippen LogP contribution >= 0.6 is 11.3 Å². The highest BCUT2D eigenvalue weighted by molar-refractivity contribution is 7.12. The highest BCUT2D eigenvalue weighted by Crippen LogP contribution is 2.38. The molecule has 0 atom stereocenters. The summed E-state index contributed by atoms with van der Waals surface area (Å²) < 4.78 is 10.3. The SMILES string of the molecule is O=C(/C=C/c1cc2c(cc1[N+](=O)[O-])OCO2)c1cccs1. The monoisotopic (exact) mass is 303 g/mol. The Balaban J connectivity index is 1.94. The van der Waals surface area contributed by atoms with Gasteiger partial charge in [0.1, 0.15) is 0 Å². The summed E-state index contributed by atoms with van der Waals surface area (Å²) in [6.45, 7) is 0.0355. The van der Waals surface area contributed by atoms with Crippen molar-refractivity contribution < 1.29 is 19.2 Å². The zero-order valence-corrected chi connectivity index (χ0v) is 11.5. The summed E-state index contributed by atoms with van der Waals surface area (Å²) in [5.41, 5.74) is 0.170. The molecule has 2 heterocycles. The molecule has 1 aliphatic rings. The van der Waals surface area contributed by atoms with E-state index in [2.05, 4.69) is 0 Å². The van der Waals surface area contributed by atoms with Crippen LogP contribution in [0.5, 0.6) is 11.5 Å². The number of fused-ring (bicyclic) bond motifs is 1. The molecular weight excluding hydrogens is 294 g/mol. The van der Waals surface area contributed by atoms with Crippen LogP contribution in [0.1, 0.15) is 15.2 Å². The third-order valence-electron chi connectivity index (χ3n) is 2.90. The van der Waals surface area contributed by atoms with Gasteiger partial charge in [-0.1, -0.05) is 6.07 Å². The third-order valence-corrected chi connectivity index (χ3v) is 3.78. The Hall–Kier alpha value is -2.67. The summed E-state index contributed by atoms with van der Waals surface area (Å²) in [5.74, 6) is 0.573. The molecule has 0 spiro atoms. The number of carbonyl (C=O) groups excluding carboxylic acids is 1. The summed E-state index contributed by atoms with van der Waals surface area (Å²) in [5, 5.41) is 12.9. The lowest BCUT2D eigenvalue weighted by atomic mass is 10.1. The molecule has 0 amide bonds. The van der Waals surface area contributed by atoms with Crippen LogP contribution in [0, 0.1) is 10.1 Å². The molecule has 1 aromatic heterocycles. The number of nitro groups is 1. The minimum absolute atomic E-state index is 0.0355. The molecular formula is C14H9NO5S. The standard InChI is InChI=1S/C14H9NO5S/c16-11(14-2-1-5-21-14)4-3-9-6-12-13(20-8-19-12)7-10(9)15(17)18/h1-7H,8H2/b4-3+. The molecule has 0 saturated carbocycles. The van der Waals surface area contributed by atoms with Crippen molar-refractivity contribution in [2.45, 2.75) is 0 Å². The van der Waals surface area contributed by atoms with E-state index in [0.717, 1.165) is 0 Å². The van der Waals surface area contributed by atoms with E-state index < -0.39 is 4.92 Å². The van der Waals surface area contributed by atoms with E-state index in [1.165, 1.54) is 35.6 Å². The Kier molecular flexibility index (Phi) is 3.41. The van der Waals surface area contributed by atoms with E-state index in [1.54, 1.807) is 17.5 Å². The van der Waals surface area contributed by atoms with E-state index in [9.17, 15) is 14.9 Å². The number of ketones is 1. The van der Waals surface area contributed by atoms with Crippen molar-refractivity contribution in [3.05, 3.63) is 56.3 Å². The molecule has 6 nitrogen and oxygen atoms in total. The zero-order chi connectivity index (χ0) is 14.8. The van der Waals surface area contributed by atoms with Gasteiger partial charge in [0.2, 0.25) is 6.79 Å². The van der Waals surface area contributed by atoms with Gasteiger partial charge < -0.3 is 9.47 Å². The molecule has 21 heavy (non-hydrogen) atoms. The molecule has 1 aromatic carbocycles. The van der Waals surface area contributed by atoms with Crippen molar-refractivity contribution in [2.24, 2.45) is 0 Å². The summed E-state index contributed by atoms with van der Waals surface area (Å²) in [6.07, 6.45) is 2.73. The molecule has 0 N–H and O–H groups in total. The minimum atomic E-state index is -0.517. The van der Waals surface area contributed by atoms with Crippen LogP contribution in [0.15, 0.2) is 35.7 Å². The second-order valence-electron chi connectivity index (χ2n) is 4.20. The lowest BCUT2D eigenvalue weighted by Crippen LogP contribution is -1.93. The van der Waals surface area contributed by atoms with Crippen LogP contribution in [0.3, 0.4) is 0 Å². The number of thiophene rings is 1. The second-order valence-corrected chi connectivity index (χ2v) is 5.14. The molecule has 0 aliphatic carbocycles. The molecule has 0 unspecified atom stereocenters. The molecule has 1 aliphatic heterocycles. The van der Waals surface area contributed by atoms with Crippen LogP contribution in [0.4, 0.5) is 5.69 Å². The Labute approximate surface area is 123 Å². The van der Waals surface area contributed by atoms with Gasteiger partial charge in [0.05, 0.1) is 21.4 Å². The quantitative estimate of drug-likeness (QED) is 0.375. The molecule has 0 saturated heterocycles. The maximum absolute atomic E-state index is 11.9. The van der Waals surface area contributed by atoms with Crippen LogP contribution in [0.2, 0.25) is 0 Å². The van der Waals surface area contributed by atoms with E-state index in [-0.39, 0.29) is 18.3 Å². The molecule has 0 bridgehead atoms. The topological polar surface area (TPSA) is 78.7 Å². The molecule has 0 radical (unpaired) electrons. The van der Waals surface area contributed by atoms with Gasteiger partial charge in [0.25, 0.3) is 5.69 Å². The van der Waals surface area contributed by atoms with Crippen molar-refractivity contribution in [2.75, 3.05) is 6.79 Å². The first kappa shape index (κ1) is 13.3. The van der Waals surface area contributed by atoms with Gasteiger partial charge in [-0.05, 0) is 29.7 Å². The number of hydrogen-bond acceptors (Lipinski definition) is 6. The highest BCUT2D eigenvalue weighted by atomic mass is 32.1. The third kappa shape index (κ3) is 2.63. The highest BCUT2D eigenvalue weighted by Gasteiger charge is 2.22. The van der Waals surface area contributed by atoms with Crippen LogP contribution < -0.4 is 9.47 Å². The molecule has 2 aromatic rings. The first-order valence-electron chi connectivity index (χ1n) is 5.99. The number of benzene rings is 1. The smallest absolute Gasteiger partial charge is 0.280 e. The van der Waals surface area contributed by atoms with Gasteiger partial charge in [-0.2, -0.15) is 0 Å². The number of hydrogen-bond donors (Lipinski definition) is 0. The first-order chi connectivity index (χ1) is 10.1. The Morgan fingerprint density at radius 3 is 2.76 bits per heavy atom. The summed E-state index contributed by atoms with van der Waals surface area (Å²) in [7, 11) is 0. The lowest BCUT2D eigenvalue weighted by Gasteiger charge is -2.00. The predicted octanol–water partition coefficient (Wildman–Crippen LogP) is 3.28. The van der Waals surface area contributed by atoms with Crippen LogP contribution in [-0.2, 0) is 0 Å². The number of carbonyl (C=O) groups is 1. The van der Waals surface area contributed by atoms with Crippen molar-refractivity contribution in [1.82, 2.24) is 0 Å². The fourth-order valence-electron chi connectivity index (χ4n) is 1.90. The number of allylic oxidation sites excluding steroid dienone is 1. The number of nitrogens with zero attached hydrogens (tertiary/aromatic N) is 1. The van der Waals surface area contributed by atoms with Gasteiger partial charge in [-0.3, -0.25) is 14.9 Å². The van der Waals surface area contributed by atoms with E-state index in [1.807, 2.05) is 0 Å². The average molecular weight is 303 g/mol. The second kappa shape index (κ2) is 5.37. The van der Waals surface area contributed by atoms with Gasteiger partial charge in [0, 0.05) is 0 Å². The van der Waals surface area contributed by atoms with Gasteiger partial charge in [-0.25, -0.2) is 0 Å². The lowest BCUT2D eigenvalue weighted by molar-refractivity contribution is -0.385. The van der Waals surface area contributed by atoms with Crippen LogP contribution in [0.25, 0.3) is 6.08 Å². The van der Waals surface area contributed by atoms with Gasteiger partial charge in [-0.15, -0.1) is 11.3 Å². The fourth-order valence-corrected chi connectivity index (χ4v) is 2.55. The Bertz CT molecular complexity index is 736. The Morgan fingerprint density at radius 2 is 2.10 bits per heavy atom. The average Bonchev–Trinajstić information content (AvgIpc) is 3.13. The van der Waals surface area contributed by atoms with Gasteiger partial charge in [0.15, 0.2) is 17.3 Å². The molecule has 7 heteroatoms. The fraction of sp³-hybridized carbons (Fsp3) is 0.0714. The van der Waals surface area contributed by atoms with Crippen molar-refractivity contribution >= 4 is 28.9 Å². The van der Waals surface area contributed by atoms with Gasteiger partial charge >= 0.3 is 0 Å². The molecule has 0 fully saturated rings. The summed E-state index contributed by atoms with van der Waals surface area (Å²) in [4.78, 5) is 23.0. The Morgan fingerprint density at radius 1 is 1.33 bits per heavy atom. The largest absolute Gasteiger partial charge is 0.454 e. The van der Waals surface area contributed by atoms with Crippen LogP contribution in [-0.4, -0.2) is 17.5 Å². The van der Waals surface area contributed by atoms with Crippen molar-refractivity contribution in [3.63, 3.8) is 0 Å². The van der Waals surface area contributed by atoms with Crippen molar-refractivity contribution in [3.8, 4) is 11.5 Å². The predicted molar refractivity (Wildman–Crippen MR) is 76.9 cm³/mol. The number of ether oxygens (including phenoxy) is 2. The normalized spacial score (nSPS) is 12.8. The zero-order valence-electron chi connectivity index (χ0n) is 10.6. The maximum atomic E-state index is 11.9. The molecule has 106 valence electrons. The summed E-state index contributed by atoms with van der Waals surface area (Å²) in [6, 6.07) is 6.27. The summed E-state index contributed by atoms with van der Waals surface area (Å²) >= 11 is 1.32. The number of nitro benzene ring substituents is 1. The number of rotatable bonds is 4.